The van der Waals surface area contributed by atoms with Gasteiger partial charge in [-0.2, -0.15) is 11.8 Å². The van der Waals surface area contributed by atoms with Crippen molar-refractivity contribution >= 4 is 17.6 Å². The van der Waals surface area contributed by atoms with E-state index in [1.807, 2.05) is 6.20 Å². The fourth-order valence-corrected chi connectivity index (χ4v) is 3.56. The van der Waals surface area contributed by atoms with Gasteiger partial charge in [0.2, 0.25) is 0 Å². The summed E-state index contributed by atoms with van der Waals surface area (Å²) in [5.74, 6) is 2.22. The van der Waals surface area contributed by atoms with Crippen molar-refractivity contribution < 1.29 is 0 Å². The number of hydrogen-bond acceptors (Lipinski definition) is 4. The largest absolute Gasteiger partial charge is 0.370 e. The number of nitrogens with zero attached hydrogens (tertiary/aromatic N) is 2. The predicted molar refractivity (Wildman–Crippen MR) is 84.8 cm³/mol. The molecule has 0 amide bonds. The first-order valence-electron chi connectivity index (χ1n) is 7.14. The van der Waals surface area contributed by atoms with Gasteiger partial charge in [0.1, 0.15) is 5.82 Å². The Balaban J connectivity index is 1.88. The number of thioether (sulfide) groups is 1. The maximum atomic E-state index is 4.48. The Kier molecular flexibility index (Phi) is 5.11. The van der Waals surface area contributed by atoms with Crippen LogP contribution in [0.3, 0.4) is 0 Å². The van der Waals surface area contributed by atoms with Gasteiger partial charge in [-0.3, -0.25) is 4.90 Å². The Morgan fingerprint density at radius 2 is 2.26 bits per heavy atom. The smallest absolute Gasteiger partial charge is 0.125 e. The summed E-state index contributed by atoms with van der Waals surface area (Å²) < 4.78 is 0.383. The van der Waals surface area contributed by atoms with E-state index in [2.05, 4.69) is 59.9 Å². The minimum Gasteiger partial charge on any atom is -0.370 e. The molecule has 1 N–H and O–H groups in total. The Hall–Kier alpha value is -0.740. The predicted octanol–water partition coefficient (Wildman–Crippen LogP) is 3.23. The topological polar surface area (TPSA) is 28.2 Å². The summed E-state index contributed by atoms with van der Waals surface area (Å²) >= 11 is 2.08. The monoisotopic (exact) mass is 279 g/mol. The van der Waals surface area contributed by atoms with Crippen LogP contribution in [0, 0.1) is 0 Å². The van der Waals surface area contributed by atoms with Crippen LogP contribution in [0.5, 0.6) is 0 Å². The molecular formula is C15H25N3S. The maximum absolute atomic E-state index is 4.48. The van der Waals surface area contributed by atoms with E-state index < -0.39 is 0 Å². The second-order valence-corrected chi connectivity index (χ2v) is 7.60. The molecule has 19 heavy (non-hydrogen) atoms. The number of aromatic nitrogens is 1. The molecule has 2 heterocycles. The molecule has 0 aromatic carbocycles. The van der Waals surface area contributed by atoms with E-state index in [9.17, 15) is 0 Å². The Morgan fingerprint density at radius 1 is 1.42 bits per heavy atom. The van der Waals surface area contributed by atoms with Crippen LogP contribution in [-0.4, -0.2) is 40.0 Å². The van der Waals surface area contributed by atoms with Gasteiger partial charge in [-0.15, -0.1) is 0 Å². The van der Waals surface area contributed by atoms with Crippen molar-refractivity contribution in [2.45, 2.75) is 38.5 Å². The number of anilines is 1. The molecule has 0 radical (unpaired) electrons. The van der Waals surface area contributed by atoms with Gasteiger partial charge in [-0.1, -0.05) is 13.0 Å². The van der Waals surface area contributed by atoms with Crippen LogP contribution in [-0.2, 0) is 6.54 Å². The lowest BCUT2D eigenvalue weighted by Gasteiger charge is -2.37. The third kappa shape index (κ3) is 4.69. The summed E-state index contributed by atoms with van der Waals surface area (Å²) in [6.45, 7) is 11.2. The van der Waals surface area contributed by atoms with Crippen molar-refractivity contribution in [2.75, 3.05) is 30.7 Å². The molecule has 1 aliphatic rings. The van der Waals surface area contributed by atoms with Crippen molar-refractivity contribution in [1.29, 1.82) is 0 Å². The summed E-state index contributed by atoms with van der Waals surface area (Å²) in [4.78, 5) is 7.01. The van der Waals surface area contributed by atoms with Crippen molar-refractivity contribution in [2.24, 2.45) is 0 Å². The minimum atomic E-state index is 0.383. The van der Waals surface area contributed by atoms with Crippen LogP contribution in [0.2, 0.25) is 0 Å². The third-order valence-electron chi connectivity index (χ3n) is 3.29. The van der Waals surface area contributed by atoms with Crippen molar-refractivity contribution in [3.8, 4) is 0 Å². The third-order valence-corrected chi connectivity index (χ3v) is 4.59. The summed E-state index contributed by atoms with van der Waals surface area (Å²) in [7, 11) is 0. The van der Waals surface area contributed by atoms with Crippen LogP contribution in [0.15, 0.2) is 18.3 Å². The van der Waals surface area contributed by atoms with Gasteiger partial charge < -0.3 is 5.32 Å². The molecule has 0 atom stereocenters. The molecule has 1 aromatic heterocycles. The lowest BCUT2D eigenvalue weighted by molar-refractivity contribution is 0.252. The summed E-state index contributed by atoms with van der Waals surface area (Å²) in [6, 6.07) is 4.29. The molecule has 0 bridgehead atoms. The fraction of sp³-hybridized carbons (Fsp3) is 0.667. The normalized spacial score (nSPS) is 19.3. The highest BCUT2D eigenvalue weighted by Gasteiger charge is 2.26. The van der Waals surface area contributed by atoms with E-state index in [0.717, 1.165) is 31.9 Å². The Bertz CT molecular complexity index is 389. The van der Waals surface area contributed by atoms with Gasteiger partial charge in [0.05, 0.1) is 0 Å². The maximum Gasteiger partial charge on any atom is 0.125 e. The van der Waals surface area contributed by atoms with Gasteiger partial charge in [0.25, 0.3) is 0 Å². The molecule has 1 saturated heterocycles. The van der Waals surface area contributed by atoms with Crippen LogP contribution in [0.1, 0.15) is 32.8 Å². The standard InChI is InChI=1S/C15H25N3S/c1-4-7-16-14-6-5-13(10-17-14)11-18-8-9-19-15(2,3)12-18/h5-6,10H,4,7-9,11-12H2,1-3H3,(H,16,17). The zero-order valence-electron chi connectivity index (χ0n) is 12.3. The zero-order valence-corrected chi connectivity index (χ0v) is 13.1. The first kappa shape index (κ1) is 14.7. The summed E-state index contributed by atoms with van der Waals surface area (Å²) in [5, 5.41) is 3.31. The first-order valence-corrected chi connectivity index (χ1v) is 8.13. The second kappa shape index (κ2) is 6.62. The molecule has 1 fully saturated rings. The van der Waals surface area contributed by atoms with Crippen LogP contribution in [0.25, 0.3) is 0 Å². The molecule has 0 saturated carbocycles. The van der Waals surface area contributed by atoms with Gasteiger partial charge in [0, 0.05) is 42.9 Å². The van der Waals surface area contributed by atoms with E-state index in [1.165, 1.54) is 17.9 Å². The molecule has 1 aliphatic heterocycles. The fourth-order valence-electron chi connectivity index (χ4n) is 2.38. The minimum absolute atomic E-state index is 0.383. The van der Waals surface area contributed by atoms with Gasteiger partial charge in [0.15, 0.2) is 0 Å². The van der Waals surface area contributed by atoms with E-state index in [1.54, 1.807) is 0 Å². The number of nitrogens with one attached hydrogen (secondary N) is 1. The highest BCUT2D eigenvalue weighted by Crippen LogP contribution is 2.30. The summed E-state index contributed by atoms with van der Waals surface area (Å²) in [5.41, 5.74) is 1.31. The summed E-state index contributed by atoms with van der Waals surface area (Å²) in [6.07, 6.45) is 3.14. The molecule has 0 unspecified atom stereocenters. The number of pyridine rings is 1. The van der Waals surface area contributed by atoms with E-state index in [0.29, 0.717) is 4.75 Å². The number of rotatable bonds is 5. The van der Waals surface area contributed by atoms with E-state index in [4.69, 9.17) is 0 Å². The molecule has 2 rings (SSSR count). The van der Waals surface area contributed by atoms with Crippen LogP contribution >= 0.6 is 11.8 Å². The zero-order chi connectivity index (χ0) is 13.7. The molecule has 0 aliphatic carbocycles. The van der Waals surface area contributed by atoms with E-state index in [-0.39, 0.29) is 0 Å². The first-order chi connectivity index (χ1) is 9.09. The van der Waals surface area contributed by atoms with Gasteiger partial charge in [-0.25, -0.2) is 4.98 Å². The molecule has 4 heteroatoms. The molecular weight excluding hydrogens is 254 g/mol. The van der Waals surface area contributed by atoms with E-state index >= 15 is 0 Å². The average molecular weight is 279 g/mol. The Morgan fingerprint density at radius 3 is 2.89 bits per heavy atom. The highest BCUT2D eigenvalue weighted by atomic mass is 32.2. The van der Waals surface area contributed by atoms with Gasteiger partial charge >= 0.3 is 0 Å². The van der Waals surface area contributed by atoms with Crippen molar-refractivity contribution in [3.63, 3.8) is 0 Å². The lowest BCUT2D eigenvalue weighted by atomic mass is 10.1. The average Bonchev–Trinajstić information content (AvgIpc) is 2.37. The number of hydrogen-bond donors (Lipinski definition) is 1. The van der Waals surface area contributed by atoms with Crippen LogP contribution in [0.4, 0.5) is 5.82 Å². The van der Waals surface area contributed by atoms with Crippen molar-refractivity contribution in [3.05, 3.63) is 23.9 Å². The molecule has 106 valence electrons. The Labute approximate surface area is 121 Å². The SMILES string of the molecule is CCCNc1ccc(CN2CCSC(C)(C)C2)cn1. The second-order valence-electron chi connectivity index (χ2n) is 5.80. The molecule has 0 spiro atoms. The van der Waals surface area contributed by atoms with Crippen LogP contribution < -0.4 is 5.32 Å². The van der Waals surface area contributed by atoms with Gasteiger partial charge in [-0.05, 0) is 31.9 Å². The lowest BCUT2D eigenvalue weighted by Crippen LogP contribution is -2.42. The van der Waals surface area contributed by atoms with Crippen molar-refractivity contribution in [1.82, 2.24) is 9.88 Å². The molecule has 3 nitrogen and oxygen atoms in total. The highest BCUT2D eigenvalue weighted by molar-refractivity contribution is 8.00. The molecule has 1 aromatic rings. The quantitative estimate of drug-likeness (QED) is 0.895.